The second kappa shape index (κ2) is 22.2. The molecule has 2 heterocycles. The zero-order valence-electron chi connectivity index (χ0n) is 39.2. The maximum absolute atomic E-state index is 15.9. The van der Waals surface area contributed by atoms with Gasteiger partial charge in [-0.15, -0.1) is 5.10 Å². The highest BCUT2D eigenvalue weighted by Gasteiger charge is 2.43. The smallest absolute Gasteiger partial charge is 0.410 e. The van der Waals surface area contributed by atoms with Crippen LogP contribution in [0.4, 0.5) is 9.59 Å². The normalized spacial score (nSPS) is 15.1. The molecule has 0 spiro atoms. The maximum atomic E-state index is 15.9. The molecular weight excluding hydrogens is 1060 g/mol. The number of methoxy groups -OCH3 is 3. The van der Waals surface area contributed by atoms with Gasteiger partial charge in [-0.25, -0.2) is 35.8 Å². The summed E-state index contributed by atoms with van der Waals surface area (Å²) in [6, 6.07) is 30.1. The highest BCUT2D eigenvalue weighted by Crippen LogP contribution is 2.39. The van der Waals surface area contributed by atoms with E-state index in [0.29, 0.717) is 37.5 Å². The van der Waals surface area contributed by atoms with Crippen molar-refractivity contribution in [2.45, 2.75) is 74.5 Å². The van der Waals surface area contributed by atoms with Crippen molar-refractivity contribution in [3.05, 3.63) is 141 Å². The quantitative estimate of drug-likeness (QED) is 0.0866. The van der Waals surface area contributed by atoms with Gasteiger partial charge in [0.05, 0.1) is 45.5 Å². The molecule has 0 unspecified atom stereocenters. The zero-order chi connectivity index (χ0) is 50.2. The average Bonchev–Trinajstić information content (AvgIpc) is 3.96. The van der Waals surface area contributed by atoms with Crippen LogP contribution in [0.1, 0.15) is 43.0 Å². The molecule has 22 heteroatoms. The number of halogens is 1. The van der Waals surface area contributed by atoms with Crippen LogP contribution in [0.3, 0.4) is 0 Å². The first-order valence-electron chi connectivity index (χ1n) is 21.8. The third-order valence-electron chi connectivity index (χ3n) is 11.0. The number of carbonyl (C=O) groups is 2. The molecule has 5 aromatic carbocycles. The molecule has 370 valence electrons. The number of carbonyl (C=O) groups excluding carboxylic acids is 2. The standard InChI is InChI=1S/C48H53IN8O11S2/c1-48(2,3)68-47(59)55-29-40(50-46(58)67-31-35-10-8-7-9-11-35)41(30-55)52-69(60,61)42-25-24-39(49)43(45-51-53-54-57(45)28-34-16-22-38(66-6)23-17-34)44(42)70(62,63)56(26-32-12-18-36(64-4)19-13-32)27-33-14-20-37(65-5)21-15-33/h7-25,40-41,52H,26-31H2,1-6H3,(H,50,58)/t40-,41+/m0/s1. The third-order valence-corrected chi connectivity index (χ3v) is 15.5. The summed E-state index contributed by atoms with van der Waals surface area (Å²) in [6.45, 7) is 4.18. The van der Waals surface area contributed by atoms with E-state index in [1.54, 1.807) is 125 Å². The van der Waals surface area contributed by atoms with Gasteiger partial charge < -0.3 is 33.9 Å². The lowest BCUT2D eigenvalue weighted by Crippen LogP contribution is -2.51. The molecule has 2 N–H and O–H groups in total. The van der Waals surface area contributed by atoms with Crippen LogP contribution in [-0.2, 0) is 55.8 Å². The number of sulfonamides is 2. The molecule has 2 amide bonds. The van der Waals surface area contributed by atoms with Gasteiger partial charge in [0, 0.05) is 29.7 Å². The Labute approximate surface area is 420 Å². The van der Waals surface area contributed by atoms with Gasteiger partial charge in [-0.05, 0) is 125 Å². The van der Waals surface area contributed by atoms with E-state index in [4.69, 9.17) is 23.7 Å². The molecule has 70 heavy (non-hydrogen) atoms. The predicted molar refractivity (Wildman–Crippen MR) is 266 cm³/mol. The van der Waals surface area contributed by atoms with Crippen molar-refractivity contribution in [3.8, 4) is 28.6 Å². The highest BCUT2D eigenvalue weighted by molar-refractivity contribution is 14.1. The molecule has 1 aliphatic heterocycles. The highest BCUT2D eigenvalue weighted by atomic mass is 127. The monoisotopic (exact) mass is 1110 g/mol. The Hall–Kier alpha value is -6.34. The number of ether oxygens (including phenoxy) is 5. The lowest BCUT2D eigenvalue weighted by molar-refractivity contribution is 0.0287. The fourth-order valence-electron chi connectivity index (χ4n) is 7.56. The van der Waals surface area contributed by atoms with Crippen molar-refractivity contribution in [2.75, 3.05) is 34.4 Å². The van der Waals surface area contributed by atoms with Gasteiger partial charge in [0.25, 0.3) is 0 Å². The van der Waals surface area contributed by atoms with E-state index in [0.717, 1.165) is 5.56 Å². The van der Waals surface area contributed by atoms with Gasteiger partial charge in [0.2, 0.25) is 20.0 Å². The molecule has 0 bridgehead atoms. The molecule has 0 aliphatic carbocycles. The summed E-state index contributed by atoms with van der Waals surface area (Å²) in [7, 11) is -5.27. The van der Waals surface area contributed by atoms with Crippen molar-refractivity contribution >= 4 is 54.8 Å². The number of amides is 2. The van der Waals surface area contributed by atoms with Gasteiger partial charge in [-0.2, -0.15) is 4.31 Å². The summed E-state index contributed by atoms with van der Waals surface area (Å²) >= 11 is 1.94. The minimum atomic E-state index is -4.93. The Morgan fingerprint density at radius 2 is 1.27 bits per heavy atom. The number of aromatic nitrogens is 4. The van der Waals surface area contributed by atoms with Crippen LogP contribution >= 0.6 is 22.6 Å². The number of alkyl carbamates (subject to hydrolysis) is 1. The van der Waals surface area contributed by atoms with Crippen LogP contribution in [0, 0.1) is 3.57 Å². The number of nitrogens with one attached hydrogen (secondary N) is 2. The molecule has 19 nitrogen and oxygen atoms in total. The minimum Gasteiger partial charge on any atom is -0.497 e. The van der Waals surface area contributed by atoms with Crippen LogP contribution in [0.2, 0.25) is 0 Å². The molecular formula is C48H53IN8O11S2. The number of hydrogen-bond donors (Lipinski definition) is 2. The van der Waals surface area contributed by atoms with Crippen LogP contribution in [0.15, 0.2) is 125 Å². The van der Waals surface area contributed by atoms with Crippen molar-refractivity contribution in [1.29, 1.82) is 0 Å². The molecule has 1 saturated heterocycles. The van der Waals surface area contributed by atoms with Gasteiger partial charge in [0.15, 0.2) is 5.82 Å². The lowest BCUT2D eigenvalue weighted by atomic mass is 10.2. The molecule has 7 rings (SSSR count). The van der Waals surface area contributed by atoms with Crippen LogP contribution in [0.25, 0.3) is 11.4 Å². The maximum Gasteiger partial charge on any atom is 0.410 e. The van der Waals surface area contributed by atoms with Gasteiger partial charge in [-0.1, -0.05) is 66.7 Å². The summed E-state index contributed by atoms with van der Waals surface area (Å²) in [5.74, 6) is 1.67. The molecule has 6 aromatic rings. The molecule has 0 radical (unpaired) electrons. The fourth-order valence-corrected chi connectivity index (χ4v) is 12.1. The van der Waals surface area contributed by atoms with Crippen molar-refractivity contribution in [1.82, 2.24) is 39.5 Å². The number of hydrogen-bond acceptors (Lipinski definition) is 14. The summed E-state index contributed by atoms with van der Waals surface area (Å²) in [4.78, 5) is 26.8. The Morgan fingerprint density at radius 3 is 1.81 bits per heavy atom. The summed E-state index contributed by atoms with van der Waals surface area (Å²) in [6.07, 6.45) is -1.63. The van der Waals surface area contributed by atoms with Crippen LogP contribution < -0.4 is 24.2 Å². The Balaban J connectivity index is 1.35. The Bertz CT molecular complexity index is 2940. The average molecular weight is 1110 g/mol. The number of rotatable bonds is 18. The Kier molecular flexibility index (Phi) is 16.3. The predicted octanol–water partition coefficient (Wildman–Crippen LogP) is 6.60. The molecule has 0 saturated carbocycles. The molecule has 2 atom stereocenters. The lowest BCUT2D eigenvalue weighted by Gasteiger charge is -2.27. The number of nitrogens with zero attached hydrogens (tertiary/aromatic N) is 6. The van der Waals surface area contributed by atoms with E-state index in [1.165, 1.54) is 40.2 Å². The number of likely N-dealkylation sites (tertiary alicyclic amines) is 1. The van der Waals surface area contributed by atoms with E-state index in [-0.39, 0.29) is 50.7 Å². The first-order chi connectivity index (χ1) is 33.4. The van der Waals surface area contributed by atoms with E-state index in [9.17, 15) is 9.59 Å². The first kappa shape index (κ1) is 51.5. The van der Waals surface area contributed by atoms with E-state index in [1.807, 2.05) is 28.7 Å². The summed E-state index contributed by atoms with van der Waals surface area (Å²) in [5.41, 5.74) is 1.59. The van der Waals surface area contributed by atoms with Crippen LogP contribution in [-0.4, -0.2) is 111 Å². The second-order valence-electron chi connectivity index (χ2n) is 17.2. The number of tetrazole rings is 1. The number of benzene rings is 5. The third kappa shape index (κ3) is 12.7. The zero-order valence-corrected chi connectivity index (χ0v) is 43.0. The second-order valence-corrected chi connectivity index (χ2v) is 21.9. The topological polar surface area (TPSA) is 223 Å². The van der Waals surface area contributed by atoms with Gasteiger partial charge >= 0.3 is 12.2 Å². The van der Waals surface area contributed by atoms with Gasteiger partial charge in [-0.3, -0.25) is 0 Å². The van der Waals surface area contributed by atoms with Crippen molar-refractivity contribution in [3.63, 3.8) is 0 Å². The van der Waals surface area contributed by atoms with E-state index < -0.39 is 59.7 Å². The molecule has 1 aliphatic rings. The molecule has 1 aromatic heterocycles. The van der Waals surface area contributed by atoms with Crippen LogP contribution in [0.5, 0.6) is 17.2 Å². The largest absolute Gasteiger partial charge is 0.497 e. The van der Waals surface area contributed by atoms with E-state index >= 15 is 16.8 Å². The minimum absolute atomic E-state index is 0.0395. The Morgan fingerprint density at radius 1 is 0.729 bits per heavy atom. The fraction of sp³-hybridized carbons (Fsp3) is 0.312. The summed E-state index contributed by atoms with van der Waals surface area (Å²) in [5, 5.41) is 15.2. The van der Waals surface area contributed by atoms with Crippen molar-refractivity contribution < 1.29 is 50.1 Å². The van der Waals surface area contributed by atoms with Gasteiger partial charge in [0.1, 0.15) is 39.2 Å². The first-order valence-corrected chi connectivity index (χ1v) is 25.8. The summed E-state index contributed by atoms with van der Waals surface area (Å²) < 4.78 is 95.1. The SMILES string of the molecule is COc1ccc(CN(Cc2ccc(OC)cc2)S(=O)(=O)c2c(S(=O)(=O)N[C@@H]3CN(C(=O)OC(C)(C)C)C[C@@H]3NC(=O)OCc3ccccc3)ccc(I)c2-c2nnnn2Cc2ccc(OC)cc2)cc1. The van der Waals surface area contributed by atoms with E-state index in [2.05, 4.69) is 25.6 Å². The molecule has 1 fully saturated rings. The van der Waals surface area contributed by atoms with Crippen molar-refractivity contribution in [2.24, 2.45) is 0 Å².